The SMILES string of the molecule is COc1cc(Br)ccc1C1CCCN1c1nc2ccc(S(N)(=O)=O)cc2[nH]1. The number of nitrogens with zero attached hydrogens (tertiary/aromatic N) is 2. The molecule has 2 heterocycles. The summed E-state index contributed by atoms with van der Waals surface area (Å²) in [4.78, 5) is 10.2. The summed E-state index contributed by atoms with van der Waals surface area (Å²) in [5.74, 6) is 1.54. The smallest absolute Gasteiger partial charge is 0.238 e. The first-order valence-corrected chi connectivity index (χ1v) is 10.8. The fraction of sp³-hybridized carbons (Fsp3) is 0.278. The summed E-state index contributed by atoms with van der Waals surface area (Å²) in [5.41, 5.74) is 2.44. The Morgan fingerprint density at radius 1 is 1.30 bits per heavy atom. The fourth-order valence-corrected chi connectivity index (χ4v) is 4.47. The normalized spacial score (nSPS) is 17.6. The first kappa shape index (κ1) is 18.3. The first-order valence-electron chi connectivity index (χ1n) is 8.49. The Morgan fingerprint density at radius 3 is 2.85 bits per heavy atom. The van der Waals surface area contributed by atoms with Crippen molar-refractivity contribution in [1.29, 1.82) is 0 Å². The highest BCUT2D eigenvalue weighted by atomic mass is 79.9. The van der Waals surface area contributed by atoms with Crippen molar-refractivity contribution < 1.29 is 13.2 Å². The molecule has 142 valence electrons. The first-order chi connectivity index (χ1) is 12.9. The molecule has 2 aromatic carbocycles. The third-order valence-electron chi connectivity index (χ3n) is 4.85. The van der Waals surface area contributed by atoms with E-state index in [4.69, 9.17) is 9.88 Å². The minimum atomic E-state index is -3.75. The minimum absolute atomic E-state index is 0.0674. The summed E-state index contributed by atoms with van der Waals surface area (Å²) in [5, 5.41) is 5.23. The average Bonchev–Trinajstić information content (AvgIpc) is 3.26. The highest BCUT2D eigenvalue weighted by molar-refractivity contribution is 9.10. The number of ether oxygens (including phenoxy) is 1. The molecule has 0 bridgehead atoms. The Kier molecular flexibility index (Phi) is 4.61. The molecule has 0 radical (unpaired) electrons. The predicted molar refractivity (Wildman–Crippen MR) is 107 cm³/mol. The van der Waals surface area contributed by atoms with E-state index in [9.17, 15) is 8.42 Å². The molecule has 1 atom stereocenters. The number of methoxy groups -OCH3 is 1. The predicted octanol–water partition coefficient (Wildman–Crippen LogP) is 3.32. The zero-order chi connectivity index (χ0) is 19.2. The molecule has 7 nitrogen and oxygen atoms in total. The number of aromatic nitrogens is 2. The van der Waals surface area contributed by atoms with Gasteiger partial charge in [0.1, 0.15) is 5.75 Å². The number of primary sulfonamides is 1. The van der Waals surface area contributed by atoms with E-state index in [1.165, 1.54) is 12.1 Å². The van der Waals surface area contributed by atoms with Gasteiger partial charge < -0.3 is 14.6 Å². The van der Waals surface area contributed by atoms with Gasteiger partial charge in [-0.3, -0.25) is 0 Å². The van der Waals surface area contributed by atoms with Crippen molar-refractivity contribution in [2.24, 2.45) is 5.14 Å². The minimum Gasteiger partial charge on any atom is -0.496 e. The van der Waals surface area contributed by atoms with Crippen LogP contribution in [0.2, 0.25) is 0 Å². The van der Waals surface area contributed by atoms with Crippen LogP contribution in [0.4, 0.5) is 5.95 Å². The molecule has 0 spiro atoms. The van der Waals surface area contributed by atoms with Crippen molar-refractivity contribution in [1.82, 2.24) is 9.97 Å². The summed E-state index contributed by atoms with van der Waals surface area (Å²) in [7, 11) is -2.09. The largest absolute Gasteiger partial charge is 0.496 e. The van der Waals surface area contributed by atoms with Crippen LogP contribution in [0.25, 0.3) is 11.0 Å². The van der Waals surface area contributed by atoms with E-state index in [0.717, 1.165) is 35.2 Å². The molecule has 3 N–H and O–H groups in total. The van der Waals surface area contributed by atoms with E-state index in [1.807, 2.05) is 12.1 Å². The lowest BCUT2D eigenvalue weighted by atomic mass is 10.0. The van der Waals surface area contributed by atoms with Gasteiger partial charge in [-0.1, -0.05) is 22.0 Å². The molecule has 4 rings (SSSR count). The van der Waals surface area contributed by atoms with Crippen LogP contribution in [0, 0.1) is 0 Å². The zero-order valence-electron chi connectivity index (χ0n) is 14.6. The Bertz CT molecular complexity index is 1110. The molecule has 0 saturated carbocycles. The van der Waals surface area contributed by atoms with Crippen LogP contribution >= 0.6 is 15.9 Å². The van der Waals surface area contributed by atoms with Gasteiger partial charge >= 0.3 is 0 Å². The number of anilines is 1. The number of aromatic amines is 1. The lowest BCUT2D eigenvalue weighted by Gasteiger charge is -2.26. The molecule has 1 aliphatic heterocycles. The van der Waals surface area contributed by atoms with Gasteiger partial charge in [-0.05, 0) is 43.2 Å². The molecule has 27 heavy (non-hydrogen) atoms. The monoisotopic (exact) mass is 450 g/mol. The second-order valence-corrected chi connectivity index (χ2v) is 9.00. The third-order valence-corrected chi connectivity index (χ3v) is 6.25. The standard InChI is InChI=1S/C18H19BrN4O3S/c1-26-17-9-11(19)4-6-13(17)16-3-2-8-23(16)18-21-14-7-5-12(27(20,24)25)10-15(14)22-18/h4-7,9-10,16H,2-3,8H2,1H3,(H,21,22)(H2,20,24,25). The van der Waals surface area contributed by atoms with Crippen LogP contribution < -0.4 is 14.8 Å². The van der Waals surface area contributed by atoms with Gasteiger partial charge in [0.2, 0.25) is 16.0 Å². The molecule has 1 aliphatic rings. The maximum absolute atomic E-state index is 11.6. The van der Waals surface area contributed by atoms with Gasteiger partial charge in [0.25, 0.3) is 0 Å². The summed E-state index contributed by atoms with van der Waals surface area (Å²) >= 11 is 3.48. The van der Waals surface area contributed by atoms with E-state index < -0.39 is 10.0 Å². The fourth-order valence-electron chi connectivity index (χ4n) is 3.59. The number of fused-ring (bicyclic) bond motifs is 1. The summed E-state index contributed by atoms with van der Waals surface area (Å²) < 4.78 is 29.7. The molecule has 3 aromatic rings. The van der Waals surface area contributed by atoms with Crippen LogP contribution in [0.15, 0.2) is 45.8 Å². The van der Waals surface area contributed by atoms with E-state index in [1.54, 1.807) is 13.2 Å². The number of rotatable bonds is 4. The quantitative estimate of drug-likeness (QED) is 0.634. The van der Waals surface area contributed by atoms with Gasteiger partial charge in [0, 0.05) is 16.6 Å². The van der Waals surface area contributed by atoms with Crippen molar-refractivity contribution in [3.8, 4) is 5.75 Å². The van der Waals surface area contributed by atoms with Crippen LogP contribution in [-0.2, 0) is 10.0 Å². The van der Waals surface area contributed by atoms with E-state index in [0.29, 0.717) is 17.0 Å². The van der Waals surface area contributed by atoms with Crippen molar-refractivity contribution >= 4 is 42.9 Å². The molecular formula is C18H19BrN4O3S. The Labute approximate surface area is 165 Å². The van der Waals surface area contributed by atoms with Crippen LogP contribution in [-0.4, -0.2) is 32.0 Å². The van der Waals surface area contributed by atoms with E-state index in [2.05, 4.69) is 36.9 Å². The number of benzene rings is 2. The topological polar surface area (TPSA) is 101 Å². The van der Waals surface area contributed by atoms with E-state index in [-0.39, 0.29) is 10.9 Å². The number of halogens is 1. The Balaban J connectivity index is 1.74. The number of hydrogen-bond acceptors (Lipinski definition) is 5. The summed E-state index contributed by atoms with van der Waals surface area (Å²) in [6, 6.07) is 10.8. The summed E-state index contributed by atoms with van der Waals surface area (Å²) in [6.07, 6.45) is 2.01. The number of nitrogens with one attached hydrogen (secondary N) is 1. The van der Waals surface area contributed by atoms with Gasteiger partial charge in [0.15, 0.2) is 0 Å². The van der Waals surface area contributed by atoms with Crippen molar-refractivity contribution in [2.75, 3.05) is 18.6 Å². The molecule has 0 aliphatic carbocycles. The third kappa shape index (κ3) is 3.42. The maximum Gasteiger partial charge on any atom is 0.238 e. The number of nitrogens with two attached hydrogens (primary N) is 1. The molecular weight excluding hydrogens is 432 g/mol. The number of hydrogen-bond donors (Lipinski definition) is 2. The molecule has 0 amide bonds. The highest BCUT2D eigenvalue weighted by Gasteiger charge is 2.30. The molecule has 1 unspecified atom stereocenters. The van der Waals surface area contributed by atoms with Gasteiger partial charge in [0.05, 0.1) is 29.1 Å². The zero-order valence-corrected chi connectivity index (χ0v) is 17.0. The molecule has 9 heteroatoms. The van der Waals surface area contributed by atoms with E-state index >= 15 is 0 Å². The van der Waals surface area contributed by atoms with Crippen LogP contribution in [0.5, 0.6) is 5.75 Å². The maximum atomic E-state index is 11.6. The average molecular weight is 451 g/mol. The van der Waals surface area contributed by atoms with Crippen molar-refractivity contribution in [3.63, 3.8) is 0 Å². The second-order valence-electron chi connectivity index (χ2n) is 6.52. The number of sulfonamides is 1. The summed E-state index contributed by atoms with van der Waals surface area (Å²) in [6.45, 7) is 0.853. The van der Waals surface area contributed by atoms with Gasteiger partial charge in [-0.25, -0.2) is 18.5 Å². The highest BCUT2D eigenvalue weighted by Crippen LogP contribution is 2.40. The Morgan fingerprint density at radius 2 is 2.11 bits per heavy atom. The lowest BCUT2D eigenvalue weighted by Crippen LogP contribution is -2.24. The number of H-pyrrole nitrogens is 1. The van der Waals surface area contributed by atoms with Gasteiger partial charge in [-0.2, -0.15) is 0 Å². The lowest BCUT2D eigenvalue weighted by molar-refractivity contribution is 0.405. The van der Waals surface area contributed by atoms with Crippen molar-refractivity contribution in [2.45, 2.75) is 23.8 Å². The molecule has 1 saturated heterocycles. The van der Waals surface area contributed by atoms with Gasteiger partial charge in [-0.15, -0.1) is 0 Å². The van der Waals surface area contributed by atoms with Crippen molar-refractivity contribution in [3.05, 3.63) is 46.4 Å². The second kappa shape index (κ2) is 6.81. The molecule has 1 fully saturated rings. The Hall–Kier alpha value is -2.10. The number of imidazole rings is 1. The molecule has 1 aromatic heterocycles. The van der Waals surface area contributed by atoms with Crippen LogP contribution in [0.1, 0.15) is 24.4 Å². The van der Waals surface area contributed by atoms with Crippen LogP contribution in [0.3, 0.4) is 0 Å².